The molecule has 2 aromatic carbocycles. The van der Waals surface area contributed by atoms with Crippen LogP contribution in [0.4, 0.5) is 0 Å². The number of methoxy groups -OCH3 is 2. The molecule has 5 nitrogen and oxygen atoms in total. The fourth-order valence-corrected chi connectivity index (χ4v) is 3.36. The minimum absolute atomic E-state index is 0.455. The molecule has 0 spiro atoms. The van der Waals surface area contributed by atoms with Crippen molar-refractivity contribution in [2.24, 2.45) is 0 Å². The van der Waals surface area contributed by atoms with Gasteiger partial charge in [-0.2, -0.15) is 0 Å². The summed E-state index contributed by atoms with van der Waals surface area (Å²) in [5.41, 5.74) is 5.80. The van der Waals surface area contributed by atoms with E-state index in [-0.39, 0.29) is 0 Å². The van der Waals surface area contributed by atoms with Crippen molar-refractivity contribution in [3.63, 3.8) is 0 Å². The minimum Gasteiger partial charge on any atom is -0.490 e. The number of fused-ring (bicyclic) bond motifs is 1. The van der Waals surface area contributed by atoms with Gasteiger partial charge in [-0.15, -0.1) is 0 Å². The first-order valence-electron chi connectivity index (χ1n) is 9.27. The van der Waals surface area contributed by atoms with Crippen molar-refractivity contribution in [1.29, 1.82) is 0 Å². The quantitative estimate of drug-likeness (QED) is 0.626. The average Bonchev–Trinajstić information content (AvgIpc) is 2.68. The number of rotatable bonds is 9. The first-order valence-corrected chi connectivity index (χ1v) is 9.27. The van der Waals surface area contributed by atoms with Crippen LogP contribution in [0.5, 0.6) is 11.5 Å². The standard InChI is InChI=1S/C22H28O5/c1-16-4-6-19(7-5-16)26-10-11-27-22-18(13-23-2)12-17-14-25-9-8-20(17)21(22)15-24-3/h4-7,12H,8-11,13-15H2,1-3H3. The number of hydrogen-bond acceptors (Lipinski definition) is 5. The van der Waals surface area contributed by atoms with Crippen molar-refractivity contribution >= 4 is 0 Å². The summed E-state index contributed by atoms with van der Waals surface area (Å²) in [6.07, 6.45) is 0.873. The Kier molecular flexibility index (Phi) is 7.10. The molecule has 0 atom stereocenters. The van der Waals surface area contributed by atoms with Crippen molar-refractivity contribution < 1.29 is 23.7 Å². The number of benzene rings is 2. The van der Waals surface area contributed by atoms with E-state index in [1.54, 1.807) is 14.2 Å². The summed E-state index contributed by atoms with van der Waals surface area (Å²) in [6.45, 7) is 5.33. The van der Waals surface area contributed by atoms with Gasteiger partial charge >= 0.3 is 0 Å². The predicted molar refractivity (Wildman–Crippen MR) is 103 cm³/mol. The van der Waals surface area contributed by atoms with Crippen molar-refractivity contribution in [2.45, 2.75) is 33.2 Å². The van der Waals surface area contributed by atoms with Gasteiger partial charge in [0.2, 0.25) is 0 Å². The van der Waals surface area contributed by atoms with Gasteiger partial charge in [-0.05, 0) is 42.7 Å². The molecule has 146 valence electrons. The number of hydrogen-bond donors (Lipinski definition) is 0. The van der Waals surface area contributed by atoms with Crippen molar-refractivity contribution in [1.82, 2.24) is 0 Å². The molecule has 0 aliphatic carbocycles. The van der Waals surface area contributed by atoms with Gasteiger partial charge in [-0.3, -0.25) is 0 Å². The summed E-state index contributed by atoms with van der Waals surface area (Å²) in [7, 11) is 3.40. The van der Waals surface area contributed by atoms with E-state index in [9.17, 15) is 0 Å². The Morgan fingerprint density at radius 2 is 1.70 bits per heavy atom. The fourth-order valence-electron chi connectivity index (χ4n) is 3.36. The number of ether oxygens (including phenoxy) is 5. The van der Waals surface area contributed by atoms with E-state index < -0.39 is 0 Å². The second kappa shape index (κ2) is 9.74. The van der Waals surface area contributed by atoms with E-state index in [2.05, 4.69) is 13.0 Å². The van der Waals surface area contributed by atoms with E-state index in [1.807, 2.05) is 24.3 Å². The van der Waals surface area contributed by atoms with E-state index in [0.29, 0.717) is 33.0 Å². The zero-order valence-electron chi connectivity index (χ0n) is 16.4. The zero-order valence-corrected chi connectivity index (χ0v) is 16.4. The molecule has 0 unspecified atom stereocenters. The Balaban J connectivity index is 1.74. The molecule has 0 N–H and O–H groups in total. The molecule has 2 aromatic rings. The summed E-state index contributed by atoms with van der Waals surface area (Å²) in [6, 6.07) is 10.2. The summed E-state index contributed by atoms with van der Waals surface area (Å²) in [4.78, 5) is 0. The molecule has 5 heteroatoms. The van der Waals surface area contributed by atoms with Gasteiger partial charge in [-0.1, -0.05) is 17.7 Å². The van der Waals surface area contributed by atoms with Crippen LogP contribution in [0.3, 0.4) is 0 Å². The SMILES string of the molecule is COCc1cc2c(c(COC)c1OCCOc1ccc(C)cc1)CCOC2. The van der Waals surface area contributed by atoms with Gasteiger partial charge in [0.15, 0.2) is 0 Å². The molecular formula is C22H28O5. The Bertz CT molecular complexity index is 739. The third kappa shape index (κ3) is 5.01. The molecule has 1 heterocycles. The maximum atomic E-state index is 6.16. The molecular weight excluding hydrogens is 344 g/mol. The predicted octanol–water partition coefficient (Wildman–Crippen LogP) is 3.82. The molecule has 27 heavy (non-hydrogen) atoms. The first-order chi connectivity index (χ1) is 13.2. The largest absolute Gasteiger partial charge is 0.490 e. The lowest BCUT2D eigenvalue weighted by atomic mass is 9.93. The summed E-state index contributed by atoms with van der Waals surface area (Å²) >= 11 is 0. The zero-order chi connectivity index (χ0) is 19.1. The lowest BCUT2D eigenvalue weighted by molar-refractivity contribution is 0.107. The van der Waals surface area contributed by atoms with Gasteiger partial charge in [0.1, 0.15) is 24.7 Å². The van der Waals surface area contributed by atoms with Gasteiger partial charge in [0.25, 0.3) is 0 Å². The van der Waals surface area contributed by atoms with Crippen LogP contribution < -0.4 is 9.47 Å². The van der Waals surface area contributed by atoms with Crippen LogP contribution in [0, 0.1) is 6.92 Å². The van der Waals surface area contributed by atoms with Crippen molar-refractivity contribution in [3.05, 3.63) is 58.1 Å². The van der Waals surface area contributed by atoms with Crippen molar-refractivity contribution in [3.8, 4) is 11.5 Å². The Labute approximate surface area is 161 Å². The Morgan fingerprint density at radius 1 is 0.963 bits per heavy atom. The molecule has 0 saturated carbocycles. The first kappa shape index (κ1) is 19.7. The van der Waals surface area contributed by atoms with E-state index in [0.717, 1.165) is 35.7 Å². The van der Waals surface area contributed by atoms with Crippen molar-refractivity contribution in [2.75, 3.05) is 34.0 Å². The normalized spacial score (nSPS) is 13.3. The fraction of sp³-hybridized carbons (Fsp3) is 0.455. The second-order valence-corrected chi connectivity index (χ2v) is 6.66. The molecule has 0 aromatic heterocycles. The lowest BCUT2D eigenvalue weighted by Crippen LogP contribution is -2.17. The highest BCUT2D eigenvalue weighted by molar-refractivity contribution is 5.51. The summed E-state index contributed by atoms with van der Waals surface area (Å²) < 4.78 is 28.4. The van der Waals surface area contributed by atoms with Gasteiger partial charge in [0.05, 0.1) is 26.4 Å². The maximum Gasteiger partial charge on any atom is 0.130 e. The monoisotopic (exact) mass is 372 g/mol. The van der Waals surface area contributed by atoms with Gasteiger partial charge in [0, 0.05) is 25.3 Å². The van der Waals surface area contributed by atoms with E-state index in [4.69, 9.17) is 23.7 Å². The maximum absolute atomic E-state index is 6.16. The highest BCUT2D eigenvalue weighted by atomic mass is 16.5. The highest BCUT2D eigenvalue weighted by Gasteiger charge is 2.21. The second-order valence-electron chi connectivity index (χ2n) is 6.66. The van der Waals surface area contributed by atoms with Crippen LogP contribution in [0.15, 0.2) is 30.3 Å². The molecule has 0 saturated heterocycles. The smallest absolute Gasteiger partial charge is 0.130 e. The molecule has 1 aliphatic rings. The molecule has 0 bridgehead atoms. The Morgan fingerprint density at radius 3 is 2.44 bits per heavy atom. The molecule has 0 amide bonds. The van der Waals surface area contributed by atoms with Crippen LogP contribution in [-0.2, 0) is 40.5 Å². The minimum atomic E-state index is 0.455. The molecule has 0 fully saturated rings. The van der Waals surface area contributed by atoms with E-state index in [1.165, 1.54) is 16.7 Å². The third-order valence-electron chi connectivity index (χ3n) is 4.63. The van der Waals surface area contributed by atoms with Crippen LogP contribution in [0.1, 0.15) is 27.8 Å². The van der Waals surface area contributed by atoms with Crippen LogP contribution in [0.25, 0.3) is 0 Å². The van der Waals surface area contributed by atoms with Crippen LogP contribution >= 0.6 is 0 Å². The molecule has 3 rings (SSSR count). The molecule has 1 aliphatic heterocycles. The topological polar surface area (TPSA) is 46.2 Å². The molecule has 0 radical (unpaired) electrons. The summed E-state index contributed by atoms with van der Waals surface area (Å²) in [5.74, 6) is 1.70. The van der Waals surface area contributed by atoms with Crippen LogP contribution in [0.2, 0.25) is 0 Å². The van der Waals surface area contributed by atoms with E-state index >= 15 is 0 Å². The third-order valence-corrected chi connectivity index (χ3v) is 4.63. The van der Waals surface area contributed by atoms with Gasteiger partial charge in [-0.25, -0.2) is 0 Å². The highest BCUT2D eigenvalue weighted by Crippen LogP contribution is 2.34. The number of aryl methyl sites for hydroxylation is 1. The average molecular weight is 372 g/mol. The van der Waals surface area contributed by atoms with Crippen LogP contribution in [-0.4, -0.2) is 34.0 Å². The summed E-state index contributed by atoms with van der Waals surface area (Å²) in [5, 5.41) is 0. The lowest BCUT2D eigenvalue weighted by Gasteiger charge is -2.25. The van der Waals surface area contributed by atoms with Gasteiger partial charge < -0.3 is 23.7 Å². The Hall–Kier alpha value is -2.08.